The Morgan fingerprint density at radius 1 is 1.13 bits per heavy atom. The summed E-state index contributed by atoms with van der Waals surface area (Å²) < 4.78 is 0. The van der Waals surface area contributed by atoms with Gasteiger partial charge in [0.25, 0.3) is 0 Å². The van der Waals surface area contributed by atoms with Gasteiger partial charge in [0.15, 0.2) is 0 Å². The van der Waals surface area contributed by atoms with Crippen molar-refractivity contribution in [3.05, 3.63) is 35.4 Å². The highest BCUT2D eigenvalue weighted by atomic mass is 15.1. The summed E-state index contributed by atoms with van der Waals surface area (Å²) in [6.07, 6.45) is 3.63. The lowest BCUT2D eigenvalue weighted by Crippen LogP contribution is -2.28. The summed E-state index contributed by atoms with van der Waals surface area (Å²) in [7, 11) is 0. The van der Waals surface area contributed by atoms with Crippen molar-refractivity contribution >= 4 is 0 Å². The monoisotopic (exact) mass is 202 g/mol. The van der Waals surface area contributed by atoms with Crippen LogP contribution in [0.15, 0.2) is 24.3 Å². The zero-order valence-corrected chi connectivity index (χ0v) is 9.08. The number of hydrogen-bond acceptors (Lipinski definition) is 2. The Labute approximate surface area is 91.1 Å². The van der Waals surface area contributed by atoms with E-state index in [1.54, 1.807) is 0 Å². The van der Waals surface area contributed by atoms with Crippen LogP contribution in [0.25, 0.3) is 0 Å². The molecule has 3 rings (SSSR count). The Morgan fingerprint density at radius 2 is 1.73 bits per heavy atom. The van der Waals surface area contributed by atoms with Crippen LogP contribution in [0.1, 0.15) is 30.4 Å². The van der Waals surface area contributed by atoms with E-state index in [4.69, 9.17) is 5.73 Å². The van der Waals surface area contributed by atoms with Crippen LogP contribution in [0.3, 0.4) is 0 Å². The van der Waals surface area contributed by atoms with E-state index in [2.05, 4.69) is 29.2 Å². The molecule has 1 aromatic rings. The van der Waals surface area contributed by atoms with Gasteiger partial charge in [-0.15, -0.1) is 0 Å². The summed E-state index contributed by atoms with van der Waals surface area (Å²) in [6, 6.07) is 8.75. The summed E-state index contributed by atoms with van der Waals surface area (Å²) in [5.41, 5.74) is 9.31. The predicted octanol–water partition coefficient (Wildman–Crippen LogP) is 1.88. The Balaban J connectivity index is 1.59. The molecule has 1 fully saturated rings. The number of nitrogens with two attached hydrogens (primary N) is 1. The standard InChI is InChI=1S/C13H18N2/c14-13(5-6-13)7-8-15-9-11-3-1-2-4-12(11)10-15/h1-4H,5-10,14H2. The molecule has 0 saturated heterocycles. The molecule has 0 unspecified atom stereocenters. The molecule has 2 heteroatoms. The molecule has 1 aliphatic heterocycles. The first-order chi connectivity index (χ1) is 7.25. The number of nitrogens with zero attached hydrogens (tertiary/aromatic N) is 1. The summed E-state index contributed by atoms with van der Waals surface area (Å²) in [5, 5.41) is 0. The number of hydrogen-bond donors (Lipinski definition) is 1. The molecule has 2 N–H and O–H groups in total. The fourth-order valence-electron chi connectivity index (χ4n) is 2.35. The first-order valence-electron chi connectivity index (χ1n) is 5.83. The maximum atomic E-state index is 6.10. The smallest absolute Gasteiger partial charge is 0.0240 e. The minimum Gasteiger partial charge on any atom is -0.325 e. The van der Waals surface area contributed by atoms with Crippen LogP contribution in [0.5, 0.6) is 0 Å². The van der Waals surface area contributed by atoms with E-state index in [1.165, 1.54) is 30.4 Å². The third kappa shape index (κ3) is 1.92. The average molecular weight is 202 g/mol. The number of fused-ring (bicyclic) bond motifs is 1. The third-order valence-electron chi connectivity index (χ3n) is 3.72. The van der Waals surface area contributed by atoms with Gasteiger partial charge in [0.2, 0.25) is 0 Å². The van der Waals surface area contributed by atoms with Crippen molar-refractivity contribution in [3.8, 4) is 0 Å². The molecule has 1 saturated carbocycles. The van der Waals surface area contributed by atoms with E-state index in [1.807, 2.05) is 0 Å². The topological polar surface area (TPSA) is 29.3 Å². The van der Waals surface area contributed by atoms with E-state index in [9.17, 15) is 0 Å². The second-order valence-electron chi connectivity index (χ2n) is 5.09. The average Bonchev–Trinajstić information content (AvgIpc) is 2.83. The Hall–Kier alpha value is -0.860. The minimum absolute atomic E-state index is 0.203. The van der Waals surface area contributed by atoms with Gasteiger partial charge in [-0.05, 0) is 30.4 Å². The molecule has 0 bridgehead atoms. The minimum atomic E-state index is 0.203. The molecule has 80 valence electrons. The largest absolute Gasteiger partial charge is 0.325 e. The molecule has 0 aromatic heterocycles. The van der Waals surface area contributed by atoms with Gasteiger partial charge < -0.3 is 5.73 Å². The molecular weight excluding hydrogens is 184 g/mol. The van der Waals surface area contributed by atoms with Crippen molar-refractivity contribution in [2.45, 2.75) is 37.9 Å². The summed E-state index contributed by atoms with van der Waals surface area (Å²) in [6.45, 7) is 3.39. The van der Waals surface area contributed by atoms with E-state index >= 15 is 0 Å². The first-order valence-corrected chi connectivity index (χ1v) is 5.83. The number of benzene rings is 1. The van der Waals surface area contributed by atoms with Crippen molar-refractivity contribution < 1.29 is 0 Å². The molecule has 1 aliphatic carbocycles. The van der Waals surface area contributed by atoms with Crippen LogP contribution in [-0.2, 0) is 13.1 Å². The van der Waals surface area contributed by atoms with E-state index in [0.29, 0.717) is 0 Å². The van der Waals surface area contributed by atoms with Gasteiger partial charge in [-0.2, -0.15) is 0 Å². The van der Waals surface area contributed by atoms with E-state index < -0.39 is 0 Å². The molecule has 0 radical (unpaired) electrons. The van der Waals surface area contributed by atoms with Crippen LogP contribution >= 0.6 is 0 Å². The zero-order valence-electron chi connectivity index (χ0n) is 9.08. The Bertz CT molecular complexity index is 344. The van der Waals surface area contributed by atoms with Gasteiger partial charge in [0, 0.05) is 25.2 Å². The maximum absolute atomic E-state index is 6.10. The molecule has 2 nitrogen and oxygen atoms in total. The van der Waals surface area contributed by atoms with E-state index in [-0.39, 0.29) is 5.54 Å². The molecule has 2 aliphatic rings. The highest BCUT2D eigenvalue weighted by molar-refractivity contribution is 5.30. The highest BCUT2D eigenvalue weighted by Gasteiger charge is 2.38. The Morgan fingerprint density at radius 3 is 2.27 bits per heavy atom. The van der Waals surface area contributed by atoms with Crippen LogP contribution < -0.4 is 5.73 Å². The van der Waals surface area contributed by atoms with Crippen molar-refractivity contribution in [2.24, 2.45) is 5.73 Å². The maximum Gasteiger partial charge on any atom is 0.0240 e. The van der Waals surface area contributed by atoms with Gasteiger partial charge in [0.1, 0.15) is 0 Å². The van der Waals surface area contributed by atoms with Crippen LogP contribution in [0.4, 0.5) is 0 Å². The summed E-state index contributed by atoms with van der Waals surface area (Å²) >= 11 is 0. The highest BCUT2D eigenvalue weighted by Crippen LogP contribution is 2.36. The van der Waals surface area contributed by atoms with Gasteiger partial charge >= 0.3 is 0 Å². The quantitative estimate of drug-likeness (QED) is 0.811. The summed E-state index contributed by atoms with van der Waals surface area (Å²) in [4.78, 5) is 2.51. The van der Waals surface area contributed by atoms with Crippen molar-refractivity contribution in [1.82, 2.24) is 4.90 Å². The van der Waals surface area contributed by atoms with Crippen LogP contribution in [-0.4, -0.2) is 17.0 Å². The van der Waals surface area contributed by atoms with Gasteiger partial charge in [-0.3, -0.25) is 4.90 Å². The van der Waals surface area contributed by atoms with Crippen LogP contribution in [0.2, 0.25) is 0 Å². The van der Waals surface area contributed by atoms with Gasteiger partial charge in [-0.25, -0.2) is 0 Å². The zero-order chi connectivity index (χ0) is 10.3. The fraction of sp³-hybridized carbons (Fsp3) is 0.538. The molecule has 1 heterocycles. The first kappa shape index (κ1) is 9.37. The van der Waals surface area contributed by atoms with Crippen LogP contribution in [0, 0.1) is 0 Å². The van der Waals surface area contributed by atoms with Crippen molar-refractivity contribution in [3.63, 3.8) is 0 Å². The van der Waals surface area contributed by atoms with Gasteiger partial charge in [0.05, 0.1) is 0 Å². The summed E-state index contributed by atoms with van der Waals surface area (Å²) in [5.74, 6) is 0. The lowest BCUT2D eigenvalue weighted by Gasteiger charge is -2.17. The fourth-order valence-corrected chi connectivity index (χ4v) is 2.35. The van der Waals surface area contributed by atoms with Crippen molar-refractivity contribution in [2.75, 3.05) is 6.54 Å². The van der Waals surface area contributed by atoms with E-state index in [0.717, 1.165) is 19.6 Å². The third-order valence-corrected chi connectivity index (χ3v) is 3.72. The second-order valence-corrected chi connectivity index (χ2v) is 5.09. The molecular formula is C13H18N2. The Kier molecular flexibility index (Phi) is 2.08. The molecule has 0 spiro atoms. The lowest BCUT2D eigenvalue weighted by atomic mass is 10.1. The number of rotatable bonds is 3. The van der Waals surface area contributed by atoms with Crippen molar-refractivity contribution in [1.29, 1.82) is 0 Å². The molecule has 1 aromatic carbocycles. The molecule has 15 heavy (non-hydrogen) atoms. The second kappa shape index (κ2) is 3.32. The lowest BCUT2D eigenvalue weighted by molar-refractivity contribution is 0.268. The normalized spacial score (nSPS) is 22.7. The SMILES string of the molecule is NC1(CCN2Cc3ccccc3C2)CC1. The predicted molar refractivity (Wildman–Crippen MR) is 61.3 cm³/mol. The van der Waals surface area contributed by atoms with Gasteiger partial charge in [-0.1, -0.05) is 24.3 Å². The molecule has 0 atom stereocenters. The molecule has 0 amide bonds.